The third-order valence-corrected chi connectivity index (χ3v) is 7.59. The van der Waals surface area contributed by atoms with Gasteiger partial charge in [-0.05, 0) is 37.5 Å². The Morgan fingerprint density at radius 1 is 0.708 bits per heavy atom. The second-order valence-corrected chi connectivity index (χ2v) is 9.27. The molecule has 0 N–H and O–H groups in total. The second-order valence-electron chi connectivity index (χ2n) is 6.45. The molecule has 0 unspecified atom stereocenters. The van der Waals surface area contributed by atoms with Gasteiger partial charge in [0, 0.05) is 16.8 Å². The van der Waals surface area contributed by atoms with Gasteiger partial charge in [0.05, 0.1) is 0 Å². The number of rotatable bonds is 4. The molecule has 0 saturated heterocycles. The van der Waals surface area contributed by atoms with Crippen LogP contribution in [0.2, 0.25) is 0 Å². The Morgan fingerprint density at radius 2 is 1.12 bits per heavy atom. The predicted octanol–water partition coefficient (Wildman–Crippen LogP) is 5.13. The van der Waals surface area contributed by atoms with E-state index in [1.807, 2.05) is 60.7 Å². The van der Waals surface area contributed by atoms with Crippen molar-refractivity contribution in [2.45, 2.75) is 26.9 Å². The Labute approximate surface area is 144 Å². The topological polar surface area (TPSA) is 17.1 Å². The molecule has 1 nitrogen and oxygen atoms in total. The molecule has 0 aliphatic carbocycles. The largest absolute Gasteiger partial charge is 0.313 e. The molecule has 3 aromatic carbocycles. The van der Waals surface area contributed by atoms with Gasteiger partial charge in [-0.15, -0.1) is 0 Å². The van der Waals surface area contributed by atoms with Gasteiger partial charge in [0.15, 0.2) is 0 Å². The molecule has 3 aromatic rings. The van der Waals surface area contributed by atoms with E-state index >= 15 is 0 Å². The maximum atomic E-state index is 14.2. The summed E-state index contributed by atoms with van der Waals surface area (Å²) in [5.41, 5.74) is 4.90. The summed E-state index contributed by atoms with van der Waals surface area (Å²) in [7, 11) is -2.71. The summed E-state index contributed by atoms with van der Waals surface area (Å²) in [6.07, 6.45) is 0.568. The lowest BCUT2D eigenvalue weighted by atomic mass is 10.0. The molecule has 0 fully saturated rings. The highest BCUT2D eigenvalue weighted by Crippen LogP contribution is 2.48. The first-order valence-electron chi connectivity index (χ1n) is 8.28. The third-order valence-electron chi connectivity index (χ3n) is 4.57. The molecule has 0 bridgehead atoms. The summed E-state index contributed by atoms with van der Waals surface area (Å²) < 4.78 is 14.2. The minimum atomic E-state index is -2.71. The molecule has 122 valence electrons. The van der Waals surface area contributed by atoms with Gasteiger partial charge in [-0.25, -0.2) is 0 Å². The number of aryl methyl sites for hydroxylation is 3. The lowest BCUT2D eigenvalue weighted by Crippen LogP contribution is -2.18. The average Bonchev–Trinajstić information content (AvgIpc) is 2.59. The van der Waals surface area contributed by atoms with Gasteiger partial charge in [0.25, 0.3) is 0 Å². The molecule has 0 saturated carbocycles. The van der Waals surface area contributed by atoms with Gasteiger partial charge in [-0.1, -0.05) is 78.4 Å². The summed E-state index contributed by atoms with van der Waals surface area (Å²) in [4.78, 5) is 0. The Morgan fingerprint density at radius 3 is 1.54 bits per heavy atom. The highest BCUT2D eigenvalue weighted by Gasteiger charge is 2.28. The van der Waals surface area contributed by atoms with Crippen LogP contribution in [0, 0.1) is 20.8 Å². The molecule has 0 spiro atoms. The monoisotopic (exact) mass is 334 g/mol. The maximum absolute atomic E-state index is 14.2. The predicted molar refractivity (Wildman–Crippen MR) is 104 cm³/mol. The van der Waals surface area contributed by atoms with Crippen LogP contribution in [0.1, 0.15) is 22.3 Å². The maximum Gasteiger partial charge on any atom is 0.147 e. The first-order valence-corrected chi connectivity index (χ1v) is 10.2. The quantitative estimate of drug-likeness (QED) is 0.605. The van der Waals surface area contributed by atoms with Crippen LogP contribution in [0.25, 0.3) is 0 Å². The Hall–Kier alpha value is -2.11. The lowest BCUT2D eigenvalue weighted by molar-refractivity contribution is 0.586. The standard InChI is InChI=1S/C22H23OP/c1-17-14-18(2)22(19(3)15-17)16-24(23,20-10-6-4-7-11-20)21-12-8-5-9-13-21/h4-15H,16H2,1-3H3. The average molecular weight is 334 g/mol. The van der Waals surface area contributed by atoms with Crippen molar-refractivity contribution in [3.05, 3.63) is 95.1 Å². The van der Waals surface area contributed by atoms with Crippen molar-refractivity contribution >= 4 is 17.8 Å². The van der Waals surface area contributed by atoms with Crippen LogP contribution in [-0.4, -0.2) is 0 Å². The lowest BCUT2D eigenvalue weighted by Gasteiger charge is -2.22. The van der Waals surface area contributed by atoms with Crippen molar-refractivity contribution in [3.8, 4) is 0 Å². The summed E-state index contributed by atoms with van der Waals surface area (Å²) in [5, 5.41) is 1.85. The fraction of sp³-hybridized carbons (Fsp3) is 0.182. The van der Waals surface area contributed by atoms with Crippen molar-refractivity contribution < 1.29 is 4.57 Å². The zero-order valence-electron chi connectivity index (χ0n) is 14.5. The summed E-state index contributed by atoms with van der Waals surface area (Å²) in [5.74, 6) is 0. The highest BCUT2D eigenvalue weighted by molar-refractivity contribution is 7.78. The molecule has 3 rings (SSSR count). The Bertz CT molecular complexity index is 816. The normalized spacial score (nSPS) is 11.5. The second kappa shape index (κ2) is 6.79. The zero-order valence-corrected chi connectivity index (χ0v) is 15.4. The molecule has 2 heteroatoms. The van der Waals surface area contributed by atoms with E-state index in [0.717, 1.165) is 10.6 Å². The van der Waals surface area contributed by atoms with E-state index in [9.17, 15) is 4.57 Å². The van der Waals surface area contributed by atoms with E-state index in [-0.39, 0.29) is 0 Å². The van der Waals surface area contributed by atoms with Crippen molar-refractivity contribution in [2.75, 3.05) is 0 Å². The molecule has 0 amide bonds. The van der Waals surface area contributed by atoms with Crippen LogP contribution in [0.3, 0.4) is 0 Å². The molecular weight excluding hydrogens is 311 g/mol. The van der Waals surface area contributed by atoms with Gasteiger partial charge in [-0.3, -0.25) is 0 Å². The van der Waals surface area contributed by atoms with Crippen molar-refractivity contribution in [1.29, 1.82) is 0 Å². The molecule has 0 atom stereocenters. The van der Waals surface area contributed by atoms with Crippen LogP contribution in [-0.2, 0) is 10.7 Å². The van der Waals surface area contributed by atoms with Gasteiger partial charge in [0.1, 0.15) is 7.14 Å². The van der Waals surface area contributed by atoms with E-state index in [1.165, 1.54) is 22.3 Å². The third kappa shape index (κ3) is 3.23. The molecule has 24 heavy (non-hydrogen) atoms. The smallest absolute Gasteiger partial charge is 0.147 e. The minimum absolute atomic E-state index is 0.568. The number of benzene rings is 3. The fourth-order valence-corrected chi connectivity index (χ4v) is 6.27. The van der Waals surface area contributed by atoms with Crippen molar-refractivity contribution in [2.24, 2.45) is 0 Å². The van der Waals surface area contributed by atoms with E-state index in [1.54, 1.807) is 0 Å². The van der Waals surface area contributed by atoms with Gasteiger partial charge >= 0.3 is 0 Å². The first kappa shape index (κ1) is 16.7. The van der Waals surface area contributed by atoms with Crippen LogP contribution in [0.5, 0.6) is 0 Å². The SMILES string of the molecule is Cc1cc(C)c(CP(=O)(c2ccccc2)c2ccccc2)c(C)c1. The fourth-order valence-electron chi connectivity index (χ4n) is 3.35. The van der Waals surface area contributed by atoms with E-state index in [0.29, 0.717) is 6.16 Å². The minimum Gasteiger partial charge on any atom is -0.313 e. The molecular formula is C22H23OP. The van der Waals surface area contributed by atoms with Gasteiger partial charge in [0.2, 0.25) is 0 Å². The number of hydrogen-bond acceptors (Lipinski definition) is 1. The summed E-state index contributed by atoms with van der Waals surface area (Å²) in [6, 6.07) is 24.2. The molecule has 0 aliphatic rings. The zero-order chi connectivity index (χ0) is 17.2. The van der Waals surface area contributed by atoms with Gasteiger partial charge in [-0.2, -0.15) is 0 Å². The van der Waals surface area contributed by atoms with E-state index < -0.39 is 7.14 Å². The molecule has 0 aromatic heterocycles. The van der Waals surface area contributed by atoms with E-state index in [4.69, 9.17) is 0 Å². The van der Waals surface area contributed by atoms with Gasteiger partial charge < -0.3 is 4.57 Å². The molecule has 0 radical (unpaired) electrons. The van der Waals surface area contributed by atoms with Crippen LogP contribution in [0.4, 0.5) is 0 Å². The Kier molecular flexibility index (Phi) is 4.73. The first-order chi connectivity index (χ1) is 11.5. The van der Waals surface area contributed by atoms with Crippen molar-refractivity contribution in [1.82, 2.24) is 0 Å². The number of hydrogen-bond donors (Lipinski definition) is 0. The van der Waals surface area contributed by atoms with E-state index in [2.05, 4.69) is 32.9 Å². The summed E-state index contributed by atoms with van der Waals surface area (Å²) in [6.45, 7) is 6.35. The highest BCUT2D eigenvalue weighted by atomic mass is 31.2. The molecule has 0 aliphatic heterocycles. The summed E-state index contributed by atoms with van der Waals surface area (Å²) >= 11 is 0. The van der Waals surface area contributed by atoms with Crippen molar-refractivity contribution in [3.63, 3.8) is 0 Å². The Balaban J connectivity index is 2.16. The van der Waals surface area contributed by atoms with Crippen LogP contribution >= 0.6 is 7.14 Å². The van der Waals surface area contributed by atoms with Crippen LogP contribution < -0.4 is 10.6 Å². The van der Waals surface area contributed by atoms with Crippen LogP contribution in [0.15, 0.2) is 72.8 Å². The molecule has 0 heterocycles.